The topological polar surface area (TPSA) is 54.3 Å². The number of para-hydroxylation sites is 1. The van der Waals surface area contributed by atoms with Gasteiger partial charge in [0.1, 0.15) is 12.2 Å². The van der Waals surface area contributed by atoms with E-state index in [0.29, 0.717) is 18.3 Å². The van der Waals surface area contributed by atoms with Crippen molar-refractivity contribution in [3.63, 3.8) is 0 Å². The van der Waals surface area contributed by atoms with E-state index in [0.717, 1.165) is 50.5 Å². The molecule has 0 unspecified atom stereocenters. The van der Waals surface area contributed by atoms with Crippen LogP contribution < -0.4 is 4.90 Å². The van der Waals surface area contributed by atoms with Gasteiger partial charge < -0.3 is 14.4 Å². The average Bonchev–Trinajstić information content (AvgIpc) is 3.22. The number of hydrogen-bond acceptors (Lipinski definition) is 4. The van der Waals surface area contributed by atoms with E-state index in [9.17, 15) is 4.79 Å². The third-order valence-corrected chi connectivity index (χ3v) is 5.49. The molecule has 4 rings (SSSR count). The Kier molecular flexibility index (Phi) is 4.53. The van der Waals surface area contributed by atoms with E-state index < -0.39 is 0 Å². The predicted molar refractivity (Wildman–Crippen MR) is 96.3 cm³/mol. The number of benzene rings is 1. The van der Waals surface area contributed by atoms with Gasteiger partial charge in [-0.3, -0.25) is 4.79 Å². The van der Waals surface area contributed by atoms with Crippen LogP contribution in [0, 0.1) is 5.92 Å². The van der Waals surface area contributed by atoms with Crippen molar-refractivity contribution in [2.24, 2.45) is 13.0 Å². The van der Waals surface area contributed by atoms with E-state index in [1.807, 2.05) is 46.8 Å². The van der Waals surface area contributed by atoms with Crippen LogP contribution in [0.3, 0.4) is 0 Å². The summed E-state index contributed by atoms with van der Waals surface area (Å²) in [7, 11) is 2.02. The van der Waals surface area contributed by atoms with Crippen molar-refractivity contribution >= 4 is 11.6 Å². The number of likely N-dealkylation sites (tertiary alicyclic amines) is 1. The molecule has 25 heavy (non-hydrogen) atoms. The molecule has 1 atom stereocenters. The molecule has 6 nitrogen and oxygen atoms in total. The number of piperidine rings is 1. The van der Waals surface area contributed by atoms with E-state index in [2.05, 4.69) is 15.1 Å². The number of anilines is 1. The minimum Gasteiger partial charge on any atom is -0.320 e. The molecule has 0 spiro atoms. The molecule has 3 heterocycles. The fraction of sp³-hybridized carbons (Fsp3) is 0.526. The van der Waals surface area contributed by atoms with E-state index >= 15 is 0 Å². The third kappa shape index (κ3) is 3.44. The van der Waals surface area contributed by atoms with Crippen molar-refractivity contribution in [3.8, 4) is 0 Å². The van der Waals surface area contributed by atoms with Crippen molar-refractivity contribution in [2.75, 3.05) is 31.1 Å². The number of carbonyl (C=O) groups is 1. The SMILES string of the molecule is Cn1cnnc1C1CCN(C[C@@H]2CC(=O)N(c3ccccc3)C2)CC1. The second-order valence-electron chi connectivity index (χ2n) is 7.28. The average molecular weight is 339 g/mol. The summed E-state index contributed by atoms with van der Waals surface area (Å²) in [5.74, 6) is 2.30. The molecule has 132 valence electrons. The monoisotopic (exact) mass is 339 g/mol. The molecule has 1 aromatic carbocycles. The lowest BCUT2D eigenvalue weighted by atomic mass is 9.95. The van der Waals surface area contributed by atoms with Gasteiger partial charge in [-0.05, 0) is 44.0 Å². The van der Waals surface area contributed by atoms with Crippen molar-refractivity contribution < 1.29 is 4.79 Å². The van der Waals surface area contributed by atoms with Gasteiger partial charge in [0.25, 0.3) is 0 Å². The van der Waals surface area contributed by atoms with Crippen LogP contribution in [0.4, 0.5) is 5.69 Å². The van der Waals surface area contributed by atoms with Crippen LogP contribution >= 0.6 is 0 Å². The lowest BCUT2D eigenvalue weighted by molar-refractivity contribution is -0.117. The summed E-state index contributed by atoms with van der Waals surface area (Å²) >= 11 is 0. The molecule has 1 amide bonds. The highest BCUT2D eigenvalue weighted by Gasteiger charge is 2.33. The molecule has 2 saturated heterocycles. The molecule has 0 saturated carbocycles. The standard InChI is InChI=1S/C19H25N5O/c1-22-14-20-21-19(22)16-7-9-23(10-8-16)12-15-11-18(25)24(13-15)17-5-3-2-4-6-17/h2-6,14-16H,7-13H2,1H3/t15-/m0/s1. The van der Waals surface area contributed by atoms with Crippen LogP contribution in [-0.2, 0) is 11.8 Å². The van der Waals surface area contributed by atoms with Crippen molar-refractivity contribution in [3.05, 3.63) is 42.5 Å². The fourth-order valence-corrected chi connectivity index (χ4v) is 4.16. The molecule has 0 aliphatic carbocycles. The minimum absolute atomic E-state index is 0.255. The first kappa shape index (κ1) is 16.3. The van der Waals surface area contributed by atoms with Gasteiger partial charge in [-0.15, -0.1) is 10.2 Å². The molecule has 0 N–H and O–H groups in total. The van der Waals surface area contributed by atoms with E-state index in [4.69, 9.17) is 0 Å². The Labute approximate surface area is 148 Å². The first-order chi connectivity index (χ1) is 12.2. The van der Waals surface area contributed by atoms with Gasteiger partial charge in [-0.2, -0.15) is 0 Å². The van der Waals surface area contributed by atoms with Gasteiger partial charge in [-0.25, -0.2) is 0 Å². The number of rotatable bonds is 4. The number of hydrogen-bond donors (Lipinski definition) is 0. The number of aryl methyl sites for hydroxylation is 1. The first-order valence-electron chi connectivity index (χ1n) is 9.12. The number of aromatic nitrogens is 3. The molecular weight excluding hydrogens is 314 g/mol. The number of amides is 1. The molecule has 2 fully saturated rings. The number of carbonyl (C=O) groups excluding carboxylic acids is 1. The lowest BCUT2D eigenvalue weighted by Crippen LogP contribution is -2.37. The fourth-order valence-electron chi connectivity index (χ4n) is 4.16. The summed E-state index contributed by atoms with van der Waals surface area (Å²) in [4.78, 5) is 16.8. The Morgan fingerprint density at radius 1 is 1.16 bits per heavy atom. The quantitative estimate of drug-likeness (QED) is 0.855. The van der Waals surface area contributed by atoms with Gasteiger partial charge in [0.2, 0.25) is 5.91 Å². The summed E-state index contributed by atoms with van der Waals surface area (Å²) < 4.78 is 2.04. The lowest BCUT2D eigenvalue weighted by Gasteiger charge is -2.32. The molecule has 6 heteroatoms. The van der Waals surface area contributed by atoms with E-state index in [-0.39, 0.29) is 5.91 Å². The second kappa shape index (κ2) is 6.96. The van der Waals surface area contributed by atoms with E-state index in [1.54, 1.807) is 6.33 Å². The van der Waals surface area contributed by atoms with Crippen LogP contribution in [-0.4, -0.2) is 51.8 Å². The highest BCUT2D eigenvalue weighted by atomic mass is 16.2. The third-order valence-electron chi connectivity index (χ3n) is 5.49. The Balaban J connectivity index is 1.31. The first-order valence-corrected chi connectivity index (χ1v) is 9.12. The molecule has 2 aliphatic rings. The smallest absolute Gasteiger partial charge is 0.227 e. The predicted octanol–water partition coefficient (Wildman–Crippen LogP) is 2.05. The van der Waals surface area contributed by atoms with Crippen molar-refractivity contribution in [1.29, 1.82) is 0 Å². The van der Waals surface area contributed by atoms with Crippen LogP contribution in [0.15, 0.2) is 36.7 Å². The van der Waals surface area contributed by atoms with Gasteiger partial charge >= 0.3 is 0 Å². The maximum Gasteiger partial charge on any atom is 0.227 e. The zero-order valence-electron chi connectivity index (χ0n) is 14.7. The Bertz CT molecular complexity index is 720. The Morgan fingerprint density at radius 3 is 2.60 bits per heavy atom. The molecule has 2 aliphatic heterocycles. The second-order valence-corrected chi connectivity index (χ2v) is 7.28. The normalized spacial score (nSPS) is 22.7. The van der Waals surface area contributed by atoms with Gasteiger partial charge in [-0.1, -0.05) is 18.2 Å². The van der Waals surface area contributed by atoms with Crippen LogP contribution in [0.1, 0.15) is 31.0 Å². The summed E-state index contributed by atoms with van der Waals surface area (Å²) in [5, 5.41) is 8.27. The Hall–Kier alpha value is -2.21. The van der Waals surface area contributed by atoms with E-state index in [1.165, 1.54) is 0 Å². The molecule has 2 aromatic rings. The van der Waals surface area contributed by atoms with Crippen LogP contribution in [0.5, 0.6) is 0 Å². The zero-order valence-corrected chi connectivity index (χ0v) is 14.7. The summed E-state index contributed by atoms with van der Waals surface area (Å²) in [6.45, 7) is 4.01. The molecule has 0 radical (unpaired) electrons. The van der Waals surface area contributed by atoms with Crippen LogP contribution in [0.25, 0.3) is 0 Å². The minimum atomic E-state index is 0.255. The molecule has 1 aromatic heterocycles. The van der Waals surface area contributed by atoms with Gasteiger partial charge in [0.15, 0.2) is 0 Å². The summed E-state index contributed by atoms with van der Waals surface area (Å²) in [5.41, 5.74) is 1.02. The molecular formula is C19H25N5O. The number of nitrogens with zero attached hydrogens (tertiary/aromatic N) is 5. The van der Waals surface area contributed by atoms with Crippen LogP contribution in [0.2, 0.25) is 0 Å². The van der Waals surface area contributed by atoms with Crippen molar-refractivity contribution in [2.45, 2.75) is 25.2 Å². The largest absolute Gasteiger partial charge is 0.320 e. The summed E-state index contributed by atoms with van der Waals surface area (Å²) in [6.07, 6.45) is 4.69. The highest BCUT2D eigenvalue weighted by molar-refractivity contribution is 5.95. The molecule has 0 bridgehead atoms. The van der Waals surface area contributed by atoms with Gasteiger partial charge in [0.05, 0.1) is 0 Å². The highest BCUT2D eigenvalue weighted by Crippen LogP contribution is 2.29. The van der Waals surface area contributed by atoms with Gasteiger partial charge in [0, 0.05) is 38.2 Å². The van der Waals surface area contributed by atoms with Crippen molar-refractivity contribution in [1.82, 2.24) is 19.7 Å². The maximum atomic E-state index is 12.4. The maximum absolute atomic E-state index is 12.4. The Morgan fingerprint density at radius 2 is 1.92 bits per heavy atom. The summed E-state index contributed by atoms with van der Waals surface area (Å²) in [6, 6.07) is 10.0. The zero-order chi connectivity index (χ0) is 17.2.